The lowest BCUT2D eigenvalue weighted by molar-refractivity contribution is -0.159. The van der Waals surface area contributed by atoms with Crippen LogP contribution in [0.1, 0.15) is 40.8 Å². The fraction of sp³-hybridized carbons (Fsp3) is 0.400. The van der Waals surface area contributed by atoms with Crippen LogP contribution in [0.25, 0.3) is 0 Å². The summed E-state index contributed by atoms with van der Waals surface area (Å²) in [5.74, 6) is -2.47. The quantitative estimate of drug-likeness (QED) is 0.249. The Balaban J connectivity index is 0.000000905. The fourth-order valence-electron chi connectivity index (χ4n) is 3.10. The predicted molar refractivity (Wildman–Crippen MR) is 130 cm³/mol. The first-order valence-corrected chi connectivity index (χ1v) is 10.9. The number of aryl methyl sites for hydroxylation is 3. The molecule has 0 radical (unpaired) electrons. The maximum absolute atomic E-state index is 10.9. The lowest BCUT2D eigenvalue weighted by Gasteiger charge is -2.18. The Morgan fingerprint density at radius 2 is 1.54 bits per heavy atom. The molecular formula is C25H34N2O8. The molecule has 0 aliphatic carbocycles. The van der Waals surface area contributed by atoms with Gasteiger partial charge in [-0.05, 0) is 60.7 Å². The fourth-order valence-corrected chi connectivity index (χ4v) is 3.10. The summed E-state index contributed by atoms with van der Waals surface area (Å²) >= 11 is 0. The smallest absolute Gasteiger partial charge is 0.414 e. The van der Waals surface area contributed by atoms with Crippen molar-refractivity contribution < 1.29 is 39.2 Å². The Labute approximate surface area is 204 Å². The van der Waals surface area contributed by atoms with Gasteiger partial charge in [0.15, 0.2) is 11.5 Å². The van der Waals surface area contributed by atoms with Crippen molar-refractivity contribution in [3.8, 4) is 11.5 Å². The highest BCUT2D eigenvalue weighted by Gasteiger charge is 2.14. The summed E-state index contributed by atoms with van der Waals surface area (Å²) in [5, 5.41) is 31.4. The third kappa shape index (κ3) is 10.4. The second-order valence-corrected chi connectivity index (χ2v) is 7.88. The zero-order valence-corrected chi connectivity index (χ0v) is 20.7. The van der Waals surface area contributed by atoms with E-state index in [1.165, 1.54) is 12.5 Å². The molecule has 1 unspecified atom stereocenters. The molecule has 10 nitrogen and oxygen atoms in total. The highest BCUT2D eigenvalue weighted by molar-refractivity contribution is 6.27. The minimum Gasteiger partial charge on any atom is -0.493 e. The number of carboxylic acid groups (broad SMARTS) is 2. The average Bonchev–Trinajstić information content (AvgIpc) is 2.80. The van der Waals surface area contributed by atoms with E-state index in [0.29, 0.717) is 31.1 Å². The van der Waals surface area contributed by atoms with Crippen LogP contribution >= 0.6 is 0 Å². The van der Waals surface area contributed by atoms with Crippen LogP contribution < -0.4 is 20.1 Å². The Kier molecular flexibility index (Phi) is 12.3. The molecule has 0 spiro atoms. The summed E-state index contributed by atoms with van der Waals surface area (Å²) < 4.78 is 11.3. The first-order valence-electron chi connectivity index (χ1n) is 10.9. The number of carbonyl (C=O) groups excluding carboxylic acids is 1. The molecule has 0 heterocycles. The van der Waals surface area contributed by atoms with Crippen molar-refractivity contribution >= 4 is 17.8 Å². The molecule has 0 aliphatic rings. The van der Waals surface area contributed by atoms with Gasteiger partial charge < -0.3 is 35.4 Å². The van der Waals surface area contributed by atoms with Crippen LogP contribution in [0.2, 0.25) is 0 Å². The molecule has 5 N–H and O–H groups in total. The highest BCUT2D eigenvalue weighted by Crippen LogP contribution is 2.30. The molecule has 0 fully saturated rings. The average molecular weight is 491 g/mol. The normalized spacial score (nSPS) is 11.0. The number of hydrogen-bond acceptors (Lipinski definition) is 7. The Morgan fingerprint density at radius 3 is 2.11 bits per heavy atom. The first-order chi connectivity index (χ1) is 16.5. The molecule has 0 bridgehead atoms. The molecule has 10 heteroatoms. The van der Waals surface area contributed by atoms with Gasteiger partial charge in [0.05, 0.1) is 7.11 Å². The summed E-state index contributed by atoms with van der Waals surface area (Å²) in [6.07, 6.45) is -0.714. The third-order valence-corrected chi connectivity index (χ3v) is 5.05. The summed E-state index contributed by atoms with van der Waals surface area (Å²) in [4.78, 5) is 29.1. The number of carbonyl (C=O) groups is 3. The van der Waals surface area contributed by atoms with Crippen LogP contribution in [0.15, 0.2) is 30.3 Å². The number of benzene rings is 2. The number of ether oxygens (including phenoxy) is 2. The monoisotopic (exact) mass is 490 g/mol. The molecule has 0 saturated carbocycles. The van der Waals surface area contributed by atoms with Crippen molar-refractivity contribution in [3.63, 3.8) is 0 Å². The van der Waals surface area contributed by atoms with E-state index in [9.17, 15) is 9.90 Å². The van der Waals surface area contributed by atoms with Crippen LogP contribution in [0.5, 0.6) is 11.5 Å². The summed E-state index contributed by atoms with van der Waals surface area (Å²) in [6, 6.07) is 9.82. The molecule has 35 heavy (non-hydrogen) atoms. The van der Waals surface area contributed by atoms with E-state index >= 15 is 0 Å². The minimum atomic E-state index is -1.82. The zero-order valence-electron chi connectivity index (χ0n) is 20.7. The van der Waals surface area contributed by atoms with Gasteiger partial charge in [0.25, 0.3) is 0 Å². The third-order valence-electron chi connectivity index (χ3n) is 5.05. The van der Waals surface area contributed by atoms with Crippen molar-refractivity contribution in [2.75, 3.05) is 26.8 Å². The van der Waals surface area contributed by atoms with E-state index in [-0.39, 0.29) is 12.5 Å². The largest absolute Gasteiger partial charge is 0.493 e. The van der Waals surface area contributed by atoms with Crippen LogP contribution in [0.4, 0.5) is 0 Å². The van der Waals surface area contributed by atoms with Gasteiger partial charge in [-0.2, -0.15) is 0 Å². The number of aliphatic carboxylic acids is 2. The SMILES string of the molecule is COc1cc(CNCCNC(C)=O)ccc1OCC(O)c1cc(C)c(C)cc1C.O=C(O)C(=O)O. The summed E-state index contributed by atoms with van der Waals surface area (Å²) in [7, 11) is 1.60. The first kappa shape index (κ1) is 29.4. The number of carboxylic acids is 2. The van der Waals surface area contributed by atoms with Gasteiger partial charge in [0.2, 0.25) is 5.91 Å². The van der Waals surface area contributed by atoms with Gasteiger partial charge in [0, 0.05) is 26.6 Å². The maximum atomic E-state index is 10.9. The maximum Gasteiger partial charge on any atom is 0.414 e. The standard InChI is InChI=1S/C23H32N2O4.C2H2O4/c1-15-10-17(3)20(11-16(15)2)21(27)14-29-22-7-6-19(12-23(22)28-5)13-24-8-9-25-18(4)26;3-1(4)2(5)6/h6-7,10-12,21,24,27H,8-9,13-14H2,1-5H3,(H,25,26);(H,3,4)(H,5,6). The molecule has 2 rings (SSSR count). The van der Waals surface area contributed by atoms with E-state index in [2.05, 4.69) is 23.6 Å². The Bertz CT molecular complexity index is 1010. The molecule has 0 saturated heterocycles. The number of methoxy groups -OCH3 is 1. The second kappa shape index (κ2) is 14.6. The van der Waals surface area contributed by atoms with Gasteiger partial charge in [-0.25, -0.2) is 9.59 Å². The van der Waals surface area contributed by atoms with Crippen LogP contribution in [-0.2, 0) is 20.9 Å². The van der Waals surface area contributed by atoms with E-state index in [1.807, 2.05) is 38.1 Å². The van der Waals surface area contributed by atoms with E-state index in [4.69, 9.17) is 29.3 Å². The lowest BCUT2D eigenvalue weighted by Crippen LogP contribution is -2.29. The Hall–Kier alpha value is -3.63. The molecular weight excluding hydrogens is 456 g/mol. The molecule has 1 amide bonds. The second-order valence-electron chi connectivity index (χ2n) is 7.88. The van der Waals surface area contributed by atoms with Gasteiger partial charge in [-0.15, -0.1) is 0 Å². The Morgan fingerprint density at radius 1 is 0.914 bits per heavy atom. The van der Waals surface area contributed by atoms with Gasteiger partial charge in [-0.3, -0.25) is 4.79 Å². The number of aliphatic hydroxyl groups is 1. The van der Waals surface area contributed by atoms with E-state index in [1.54, 1.807) is 7.11 Å². The predicted octanol–water partition coefficient (Wildman–Crippen LogP) is 2.11. The zero-order chi connectivity index (χ0) is 26.5. The number of rotatable bonds is 10. The van der Waals surface area contributed by atoms with Crippen molar-refractivity contribution in [1.29, 1.82) is 0 Å². The molecule has 0 aromatic heterocycles. The van der Waals surface area contributed by atoms with Gasteiger partial charge in [0.1, 0.15) is 12.7 Å². The number of amides is 1. The van der Waals surface area contributed by atoms with Crippen molar-refractivity contribution in [2.24, 2.45) is 0 Å². The molecule has 1 atom stereocenters. The van der Waals surface area contributed by atoms with E-state index in [0.717, 1.165) is 22.3 Å². The number of nitrogens with one attached hydrogen (secondary N) is 2. The van der Waals surface area contributed by atoms with E-state index < -0.39 is 18.0 Å². The molecule has 2 aromatic rings. The lowest BCUT2D eigenvalue weighted by atomic mass is 9.97. The van der Waals surface area contributed by atoms with Crippen LogP contribution in [-0.4, -0.2) is 60.0 Å². The minimum absolute atomic E-state index is 0.0341. The van der Waals surface area contributed by atoms with Crippen molar-refractivity contribution in [2.45, 2.75) is 40.3 Å². The molecule has 192 valence electrons. The van der Waals surface area contributed by atoms with Crippen LogP contribution in [0, 0.1) is 20.8 Å². The highest BCUT2D eigenvalue weighted by atomic mass is 16.5. The summed E-state index contributed by atoms with van der Waals surface area (Å²) in [6.45, 7) is 9.68. The number of hydrogen-bond donors (Lipinski definition) is 5. The number of aliphatic hydroxyl groups excluding tert-OH is 1. The topological polar surface area (TPSA) is 154 Å². The summed E-state index contributed by atoms with van der Waals surface area (Å²) in [5.41, 5.74) is 5.34. The van der Waals surface area contributed by atoms with Gasteiger partial charge in [-0.1, -0.05) is 18.2 Å². The molecule has 2 aromatic carbocycles. The van der Waals surface area contributed by atoms with Crippen molar-refractivity contribution in [3.05, 3.63) is 58.1 Å². The van der Waals surface area contributed by atoms with Crippen LogP contribution in [0.3, 0.4) is 0 Å². The van der Waals surface area contributed by atoms with Crippen molar-refractivity contribution in [1.82, 2.24) is 10.6 Å². The molecule has 0 aliphatic heterocycles. The van der Waals surface area contributed by atoms with Gasteiger partial charge >= 0.3 is 11.9 Å².